The number of rotatable bonds is 2. The molecule has 0 aromatic heterocycles. The molecule has 4 amide bonds. The van der Waals surface area contributed by atoms with Crippen LogP contribution in [0.3, 0.4) is 0 Å². The summed E-state index contributed by atoms with van der Waals surface area (Å²) in [6.45, 7) is -0.0987. The smallest absolute Gasteiger partial charge is 0.326 e. The van der Waals surface area contributed by atoms with E-state index in [0.717, 1.165) is 9.80 Å². The highest BCUT2D eigenvalue weighted by Crippen LogP contribution is 2.19. The Bertz CT molecular complexity index is 493. The van der Waals surface area contributed by atoms with Crippen LogP contribution in [0, 0.1) is 0 Å². The van der Waals surface area contributed by atoms with Gasteiger partial charge < -0.3 is 20.4 Å². The van der Waals surface area contributed by atoms with Crippen molar-refractivity contribution in [2.75, 3.05) is 13.6 Å². The molecule has 0 radical (unpaired) electrons. The molecule has 2 fully saturated rings. The van der Waals surface area contributed by atoms with Crippen molar-refractivity contribution in [3.8, 4) is 0 Å². The molecule has 2 aliphatic rings. The van der Waals surface area contributed by atoms with Crippen LogP contribution in [0.5, 0.6) is 0 Å². The Balaban J connectivity index is 2.02. The van der Waals surface area contributed by atoms with E-state index in [9.17, 15) is 24.3 Å². The zero-order valence-corrected chi connectivity index (χ0v) is 11.5. The van der Waals surface area contributed by atoms with E-state index in [2.05, 4.69) is 5.32 Å². The van der Waals surface area contributed by atoms with Gasteiger partial charge in [0.25, 0.3) is 5.91 Å². The molecule has 1 unspecified atom stereocenters. The average molecular weight is 299 g/mol. The van der Waals surface area contributed by atoms with Crippen LogP contribution in [0.25, 0.3) is 0 Å². The van der Waals surface area contributed by atoms with Crippen LogP contribution < -0.4 is 5.32 Å². The van der Waals surface area contributed by atoms with Crippen LogP contribution in [0.2, 0.25) is 0 Å². The van der Waals surface area contributed by atoms with E-state index in [4.69, 9.17) is 5.11 Å². The molecule has 0 aliphatic carbocycles. The van der Waals surface area contributed by atoms with Crippen LogP contribution in [0.4, 0.5) is 4.79 Å². The molecular formula is C12H17N3O6. The summed E-state index contributed by atoms with van der Waals surface area (Å²) in [5, 5.41) is 21.0. The van der Waals surface area contributed by atoms with E-state index in [-0.39, 0.29) is 31.7 Å². The van der Waals surface area contributed by atoms with Gasteiger partial charge in [0.1, 0.15) is 12.1 Å². The lowest BCUT2D eigenvalue weighted by Gasteiger charge is -2.30. The fourth-order valence-corrected chi connectivity index (χ4v) is 2.55. The third kappa shape index (κ3) is 2.97. The molecule has 9 heteroatoms. The van der Waals surface area contributed by atoms with Gasteiger partial charge >= 0.3 is 12.0 Å². The number of nitrogens with one attached hydrogen (secondary N) is 1. The fraction of sp³-hybridized carbons (Fsp3) is 0.667. The quantitative estimate of drug-likeness (QED) is 0.525. The van der Waals surface area contributed by atoms with Crippen molar-refractivity contribution in [2.45, 2.75) is 37.5 Å². The largest absolute Gasteiger partial charge is 0.480 e. The number of aliphatic hydroxyl groups excluding tert-OH is 1. The third-order valence-electron chi connectivity index (χ3n) is 3.77. The summed E-state index contributed by atoms with van der Waals surface area (Å²) in [5.41, 5.74) is 0. The number of imide groups is 1. The molecule has 0 spiro atoms. The van der Waals surface area contributed by atoms with E-state index in [0.29, 0.717) is 0 Å². The maximum Gasteiger partial charge on any atom is 0.326 e. The maximum atomic E-state index is 12.1. The predicted octanol–water partition coefficient (Wildman–Crippen LogP) is -1.64. The van der Waals surface area contributed by atoms with Gasteiger partial charge in [0.15, 0.2) is 0 Å². The molecule has 2 rings (SSSR count). The number of likely N-dealkylation sites (tertiary alicyclic amines) is 2. The summed E-state index contributed by atoms with van der Waals surface area (Å²) < 4.78 is 0. The van der Waals surface area contributed by atoms with Crippen molar-refractivity contribution in [1.82, 2.24) is 15.1 Å². The summed E-state index contributed by atoms with van der Waals surface area (Å²) in [4.78, 5) is 48.3. The molecular weight excluding hydrogens is 282 g/mol. The van der Waals surface area contributed by atoms with Gasteiger partial charge in [-0.15, -0.1) is 0 Å². The Morgan fingerprint density at radius 1 is 1.33 bits per heavy atom. The first-order valence-electron chi connectivity index (χ1n) is 6.59. The second-order valence-electron chi connectivity index (χ2n) is 5.23. The fourth-order valence-electron chi connectivity index (χ4n) is 2.55. The normalized spacial score (nSPS) is 29.7. The van der Waals surface area contributed by atoms with Crippen molar-refractivity contribution < 1.29 is 29.4 Å². The molecule has 0 bridgehead atoms. The lowest BCUT2D eigenvalue weighted by molar-refractivity contribution is -0.147. The van der Waals surface area contributed by atoms with Crippen LogP contribution in [-0.2, 0) is 14.4 Å². The van der Waals surface area contributed by atoms with E-state index in [1.165, 1.54) is 7.05 Å². The average Bonchev–Trinajstić information content (AvgIpc) is 2.82. The van der Waals surface area contributed by atoms with Gasteiger partial charge in [-0.25, -0.2) is 9.59 Å². The number of likely N-dealkylation sites (N-methyl/N-ethyl adjacent to an activating group) is 1. The molecule has 3 N–H and O–H groups in total. The SMILES string of the molecule is CN1C(=O)CCC(NC(=O)N2C[C@H](O)C[C@@H]2C(=O)O)C1=O. The van der Waals surface area contributed by atoms with E-state index in [1.807, 2.05) is 0 Å². The Morgan fingerprint density at radius 2 is 2.00 bits per heavy atom. The van der Waals surface area contributed by atoms with Crippen molar-refractivity contribution in [2.24, 2.45) is 0 Å². The number of hydrogen-bond acceptors (Lipinski definition) is 5. The van der Waals surface area contributed by atoms with Crippen molar-refractivity contribution >= 4 is 23.8 Å². The molecule has 9 nitrogen and oxygen atoms in total. The van der Waals surface area contributed by atoms with E-state index >= 15 is 0 Å². The van der Waals surface area contributed by atoms with Gasteiger partial charge in [-0.3, -0.25) is 14.5 Å². The number of carboxylic acids is 1. The van der Waals surface area contributed by atoms with Crippen LogP contribution in [-0.4, -0.2) is 75.6 Å². The first-order valence-corrected chi connectivity index (χ1v) is 6.59. The van der Waals surface area contributed by atoms with E-state index < -0.39 is 36.1 Å². The van der Waals surface area contributed by atoms with Crippen LogP contribution in [0.1, 0.15) is 19.3 Å². The Labute approximate surface area is 120 Å². The number of β-amino-alcohol motifs (C(OH)–C–C–N with tert-alkyl or cyclic N) is 1. The summed E-state index contributed by atoms with van der Waals surface area (Å²) in [6, 6.07) is -2.69. The molecule has 2 aliphatic heterocycles. The summed E-state index contributed by atoms with van der Waals surface area (Å²) in [5.74, 6) is -2.04. The Hall–Kier alpha value is -2.16. The number of aliphatic carboxylic acids is 1. The summed E-state index contributed by atoms with van der Waals surface area (Å²) in [7, 11) is 1.34. The number of nitrogens with zero attached hydrogens (tertiary/aromatic N) is 2. The van der Waals surface area contributed by atoms with Gasteiger partial charge in [0.05, 0.1) is 6.10 Å². The number of carbonyl (C=O) groups excluding carboxylic acids is 3. The minimum absolute atomic E-state index is 0.0419. The number of carboxylic acid groups (broad SMARTS) is 1. The summed E-state index contributed by atoms with van der Waals surface area (Å²) in [6.07, 6.45) is -0.622. The van der Waals surface area contributed by atoms with Gasteiger partial charge in [-0.2, -0.15) is 0 Å². The lowest BCUT2D eigenvalue weighted by Crippen LogP contribution is -2.56. The van der Waals surface area contributed by atoms with Gasteiger partial charge in [-0.1, -0.05) is 0 Å². The molecule has 116 valence electrons. The van der Waals surface area contributed by atoms with Gasteiger partial charge in [-0.05, 0) is 6.42 Å². The minimum atomic E-state index is -1.20. The molecule has 0 aromatic carbocycles. The Morgan fingerprint density at radius 3 is 2.62 bits per heavy atom. The van der Waals surface area contributed by atoms with Crippen LogP contribution >= 0.6 is 0 Å². The highest BCUT2D eigenvalue weighted by atomic mass is 16.4. The third-order valence-corrected chi connectivity index (χ3v) is 3.77. The highest BCUT2D eigenvalue weighted by molar-refractivity contribution is 6.01. The number of amides is 4. The van der Waals surface area contributed by atoms with Crippen molar-refractivity contribution in [3.63, 3.8) is 0 Å². The maximum absolute atomic E-state index is 12.1. The monoisotopic (exact) mass is 299 g/mol. The molecule has 21 heavy (non-hydrogen) atoms. The molecule has 3 atom stereocenters. The standard InChI is InChI=1S/C12H17N3O6/c1-14-9(17)3-2-7(10(14)18)13-12(21)15-5-6(16)4-8(15)11(19)20/h6-8,16H,2-5H2,1H3,(H,13,21)(H,19,20)/t6-,7?,8-/m1/s1. The number of urea groups is 1. The van der Waals surface area contributed by atoms with Gasteiger partial charge in [0, 0.05) is 26.4 Å². The molecule has 2 saturated heterocycles. The number of carbonyl (C=O) groups is 4. The number of hydrogen-bond donors (Lipinski definition) is 3. The molecule has 0 aromatic rings. The minimum Gasteiger partial charge on any atom is -0.480 e. The van der Waals surface area contributed by atoms with Crippen molar-refractivity contribution in [1.29, 1.82) is 0 Å². The second kappa shape index (κ2) is 5.68. The number of piperidine rings is 1. The molecule has 0 saturated carbocycles. The van der Waals surface area contributed by atoms with Crippen LogP contribution in [0.15, 0.2) is 0 Å². The van der Waals surface area contributed by atoms with Crippen molar-refractivity contribution in [3.05, 3.63) is 0 Å². The Kier molecular flexibility index (Phi) is 4.12. The summed E-state index contributed by atoms with van der Waals surface area (Å²) >= 11 is 0. The topological polar surface area (TPSA) is 127 Å². The molecule has 2 heterocycles. The number of aliphatic hydroxyl groups is 1. The first kappa shape index (κ1) is 15.2. The second-order valence-corrected chi connectivity index (χ2v) is 5.23. The van der Waals surface area contributed by atoms with E-state index in [1.54, 1.807) is 0 Å². The zero-order chi connectivity index (χ0) is 15.7. The zero-order valence-electron chi connectivity index (χ0n) is 11.5. The lowest BCUT2D eigenvalue weighted by atomic mass is 10.1. The first-order chi connectivity index (χ1) is 9.81. The highest BCUT2D eigenvalue weighted by Gasteiger charge is 2.41. The van der Waals surface area contributed by atoms with Gasteiger partial charge in [0.2, 0.25) is 5.91 Å². The predicted molar refractivity (Wildman–Crippen MR) is 68.1 cm³/mol.